The summed E-state index contributed by atoms with van der Waals surface area (Å²) in [5, 5.41) is 6.67. The summed E-state index contributed by atoms with van der Waals surface area (Å²) in [5.41, 5.74) is 1.23. The molecule has 0 spiro atoms. The predicted molar refractivity (Wildman–Crippen MR) is 55.7 cm³/mol. The van der Waals surface area contributed by atoms with Gasteiger partial charge in [0.1, 0.15) is 0 Å². The Labute approximate surface area is 79.9 Å². The number of hydrogen-bond acceptors (Lipinski definition) is 2. The lowest BCUT2D eigenvalue weighted by atomic mass is 10.2. The third kappa shape index (κ3) is 3.20. The zero-order valence-electron chi connectivity index (χ0n) is 8.59. The Kier molecular flexibility index (Phi) is 3.99. The summed E-state index contributed by atoms with van der Waals surface area (Å²) in [6.45, 7) is 5.26. The van der Waals surface area contributed by atoms with Crippen molar-refractivity contribution in [2.75, 3.05) is 13.6 Å². The Hall–Kier alpha value is -0.800. The van der Waals surface area contributed by atoms with Gasteiger partial charge in [-0.05, 0) is 19.2 Å². The summed E-state index contributed by atoms with van der Waals surface area (Å²) in [6, 6.07) is 5.03. The second-order valence-corrected chi connectivity index (χ2v) is 3.53. The van der Waals surface area contributed by atoms with E-state index in [9.17, 15) is 0 Å². The van der Waals surface area contributed by atoms with Gasteiger partial charge >= 0.3 is 0 Å². The van der Waals surface area contributed by atoms with Crippen LogP contribution in [0.25, 0.3) is 0 Å². The van der Waals surface area contributed by atoms with Crippen LogP contribution in [0, 0.1) is 0 Å². The van der Waals surface area contributed by atoms with E-state index in [0.29, 0.717) is 12.1 Å². The summed E-state index contributed by atoms with van der Waals surface area (Å²) in [6.07, 6.45) is 1.95. The van der Waals surface area contributed by atoms with E-state index in [0.717, 1.165) is 6.54 Å². The molecule has 0 radical (unpaired) electrons. The fraction of sp³-hybridized carbons (Fsp3) is 0.600. The molecule has 74 valence electrons. The van der Waals surface area contributed by atoms with Gasteiger partial charge in [-0.15, -0.1) is 0 Å². The van der Waals surface area contributed by atoms with Gasteiger partial charge in [0.05, 0.1) is 6.04 Å². The molecule has 3 nitrogen and oxygen atoms in total. The van der Waals surface area contributed by atoms with Gasteiger partial charge in [-0.2, -0.15) is 0 Å². The van der Waals surface area contributed by atoms with Crippen molar-refractivity contribution >= 4 is 0 Å². The Morgan fingerprint density at radius 3 is 2.69 bits per heavy atom. The number of H-pyrrole nitrogens is 1. The van der Waals surface area contributed by atoms with Gasteiger partial charge in [0.2, 0.25) is 0 Å². The first-order chi connectivity index (χ1) is 6.24. The Morgan fingerprint density at radius 2 is 2.23 bits per heavy atom. The van der Waals surface area contributed by atoms with E-state index < -0.39 is 0 Å². The van der Waals surface area contributed by atoms with Gasteiger partial charge in [-0.25, -0.2) is 0 Å². The van der Waals surface area contributed by atoms with Crippen LogP contribution in [0.2, 0.25) is 0 Å². The second-order valence-electron chi connectivity index (χ2n) is 3.53. The first kappa shape index (κ1) is 10.3. The van der Waals surface area contributed by atoms with Crippen molar-refractivity contribution in [2.24, 2.45) is 0 Å². The van der Waals surface area contributed by atoms with Crippen LogP contribution in [0.3, 0.4) is 0 Å². The first-order valence-electron chi connectivity index (χ1n) is 4.78. The lowest BCUT2D eigenvalue weighted by Crippen LogP contribution is -2.33. The van der Waals surface area contributed by atoms with Crippen molar-refractivity contribution in [3.05, 3.63) is 24.0 Å². The molecule has 0 aromatic carbocycles. The number of aromatic amines is 1. The predicted octanol–water partition coefficient (Wildman–Crippen LogP) is 1.27. The Morgan fingerprint density at radius 1 is 1.46 bits per heavy atom. The van der Waals surface area contributed by atoms with Gasteiger partial charge in [-0.3, -0.25) is 0 Å². The molecular formula is C10H19N3. The lowest BCUT2D eigenvalue weighted by Gasteiger charge is -2.17. The fourth-order valence-corrected chi connectivity index (χ4v) is 1.28. The highest BCUT2D eigenvalue weighted by atomic mass is 15.0. The van der Waals surface area contributed by atoms with Crippen molar-refractivity contribution in [1.82, 2.24) is 15.6 Å². The molecule has 0 saturated heterocycles. The van der Waals surface area contributed by atoms with E-state index >= 15 is 0 Å². The molecule has 1 aromatic heterocycles. The normalized spacial score (nSPS) is 13.5. The van der Waals surface area contributed by atoms with Gasteiger partial charge in [-0.1, -0.05) is 13.8 Å². The molecule has 3 heteroatoms. The van der Waals surface area contributed by atoms with E-state index in [4.69, 9.17) is 0 Å². The molecule has 1 rings (SSSR count). The number of hydrogen-bond donors (Lipinski definition) is 3. The van der Waals surface area contributed by atoms with E-state index in [2.05, 4.69) is 35.5 Å². The topological polar surface area (TPSA) is 39.8 Å². The third-order valence-electron chi connectivity index (χ3n) is 2.08. The molecule has 1 unspecified atom stereocenters. The maximum Gasteiger partial charge on any atom is 0.0597 e. The maximum atomic E-state index is 3.40. The molecule has 1 heterocycles. The molecule has 0 aliphatic heterocycles. The molecule has 0 amide bonds. The third-order valence-corrected chi connectivity index (χ3v) is 2.08. The molecule has 0 fully saturated rings. The molecule has 0 bridgehead atoms. The van der Waals surface area contributed by atoms with Crippen molar-refractivity contribution in [2.45, 2.75) is 25.9 Å². The smallest absolute Gasteiger partial charge is 0.0597 e. The number of likely N-dealkylation sites (N-methyl/N-ethyl adjacent to an activating group) is 1. The van der Waals surface area contributed by atoms with Crippen molar-refractivity contribution in [1.29, 1.82) is 0 Å². The average molecular weight is 181 g/mol. The van der Waals surface area contributed by atoms with Crippen LogP contribution < -0.4 is 10.6 Å². The minimum Gasteiger partial charge on any atom is -0.364 e. The average Bonchev–Trinajstić information content (AvgIpc) is 2.58. The minimum absolute atomic E-state index is 0.373. The van der Waals surface area contributed by atoms with Crippen LogP contribution in [-0.4, -0.2) is 24.6 Å². The van der Waals surface area contributed by atoms with Crippen LogP contribution in [0.4, 0.5) is 0 Å². The van der Waals surface area contributed by atoms with E-state index in [1.54, 1.807) is 0 Å². The standard InChI is InChI=1S/C10H19N3/c1-8(2)13-7-10(11-3)9-5-4-6-12-9/h4-6,8,10-13H,7H2,1-3H3. The molecule has 0 aliphatic carbocycles. The number of rotatable bonds is 5. The van der Waals surface area contributed by atoms with Gasteiger partial charge in [0.15, 0.2) is 0 Å². The van der Waals surface area contributed by atoms with Crippen molar-refractivity contribution in [3.63, 3.8) is 0 Å². The summed E-state index contributed by atoms with van der Waals surface area (Å²) >= 11 is 0. The van der Waals surface area contributed by atoms with Crippen LogP contribution in [0.15, 0.2) is 18.3 Å². The SMILES string of the molecule is CNC(CNC(C)C)c1ccc[nH]1. The highest BCUT2D eigenvalue weighted by molar-refractivity contribution is 5.09. The van der Waals surface area contributed by atoms with Gasteiger partial charge in [0.25, 0.3) is 0 Å². The number of nitrogens with one attached hydrogen (secondary N) is 3. The molecule has 1 aromatic rings. The molecule has 3 N–H and O–H groups in total. The fourth-order valence-electron chi connectivity index (χ4n) is 1.28. The lowest BCUT2D eigenvalue weighted by molar-refractivity contribution is 0.485. The van der Waals surface area contributed by atoms with E-state index in [-0.39, 0.29) is 0 Å². The molecule has 1 atom stereocenters. The summed E-state index contributed by atoms with van der Waals surface area (Å²) in [4.78, 5) is 3.21. The maximum absolute atomic E-state index is 3.40. The molecular weight excluding hydrogens is 162 g/mol. The Balaban J connectivity index is 2.44. The molecule has 0 aliphatic rings. The quantitative estimate of drug-likeness (QED) is 0.640. The molecule has 13 heavy (non-hydrogen) atoms. The minimum atomic E-state index is 0.373. The van der Waals surface area contributed by atoms with Gasteiger partial charge < -0.3 is 15.6 Å². The monoisotopic (exact) mass is 181 g/mol. The summed E-state index contributed by atoms with van der Waals surface area (Å²) < 4.78 is 0. The highest BCUT2D eigenvalue weighted by Gasteiger charge is 2.08. The number of aromatic nitrogens is 1. The zero-order valence-corrected chi connectivity index (χ0v) is 8.59. The largest absolute Gasteiger partial charge is 0.364 e. The van der Waals surface area contributed by atoms with E-state index in [1.165, 1.54) is 5.69 Å². The highest BCUT2D eigenvalue weighted by Crippen LogP contribution is 2.07. The van der Waals surface area contributed by atoms with Crippen LogP contribution in [0.5, 0.6) is 0 Å². The van der Waals surface area contributed by atoms with Crippen molar-refractivity contribution in [3.8, 4) is 0 Å². The van der Waals surface area contributed by atoms with Gasteiger partial charge in [0, 0.05) is 24.5 Å². The van der Waals surface area contributed by atoms with Crippen LogP contribution >= 0.6 is 0 Å². The summed E-state index contributed by atoms with van der Waals surface area (Å²) in [7, 11) is 1.98. The Bertz CT molecular complexity index is 216. The second kappa shape index (κ2) is 5.04. The summed E-state index contributed by atoms with van der Waals surface area (Å²) in [5.74, 6) is 0. The van der Waals surface area contributed by atoms with E-state index in [1.807, 2.05) is 19.3 Å². The zero-order chi connectivity index (χ0) is 9.68. The van der Waals surface area contributed by atoms with Crippen molar-refractivity contribution < 1.29 is 0 Å². The molecule has 0 saturated carbocycles. The van der Waals surface area contributed by atoms with Crippen LogP contribution in [-0.2, 0) is 0 Å². The van der Waals surface area contributed by atoms with Crippen LogP contribution in [0.1, 0.15) is 25.6 Å². The first-order valence-corrected chi connectivity index (χ1v) is 4.78.